The van der Waals surface area contributed by atoms with E-state index in [9.17, 15) is 13.5 Å². The van der Waals surface area contributed by atoms with Crippen LogP contribution in [0.4, 0.5) is 5.69 Å². The van der Waals surface area contributed by atoms with Gasteiger partial charge in [0.15, 0.2) is 0 Å². The molecule has 0 bridgehead atoms. The van der Waals surface area contributed by atoms with Crippen molar-refractivity contribution in [3.05, 3.63) is 103 Å². The first-order valence-electron chi connectivity index (χ1n) is 11.4. The Balaban J connectivity index is 1.55. The Bertz CT molecular complexity index is 1530. The monoisotopic (exact) mass is 486 g/mol. The molecule has 0 spiro atoms. The smallest absolute Gasteiger partial charge is 0.264 e. The summed E-state index contributed by atoms with van der Waals surface area (Å²) in [6, 6.07) is 31.2. The summed E-state index contributed by atoms with van der Waals surface area (Å²) in [6.45, 7) is 0.0857. The van der Waals surface area contributed by atoms with Crippen LogP contribution in [0.1, 0.15) is 0 Å². The molecule has 1 heterocycles. The van der Waals surface area contributed by atoms with Crippen LogP contribution in [0.15, 0.2) is 108 Å². The van der Waals surface area contributed by atoms with Gasteiger partial charge in [-0.3, -0.25) is 4.31 Å². The molecule has 178 valence electrons. The summed E-state index contributed by atoms with van der Waals surface area (Å²) in [6.07, 6.45) is -0.988. The van der Waals surface area contributed by atoms with Gasteiger partial charge in [-0.1, -0.05) is 66.7 Å². The first-order chi connectivity index (χ1) is 17.0. The van der Waals surface area contributed by atoms with Gasteiger partial charge in [-0.2, -0.15) is 0 Å². The van der Waals surface area contributed by atoms with E-state index >= 15 is 0 Å². The minimum absolute atomic E-state index is 0.140. The third-order valence-corrected chi connectivity index (χ3v) is 7.93. The van der Waals surface area contributed by atoms with Crippen LogP contribution in [0, 0.1) is 0 Å². The normalized spacial score (nSPS) is 12.6. The van der Waals surface area contributed by atoms with E-state index in [0.717, 1.165) is 21.8 Å². The first kappa shape index (κ1) is 23.0. The quantitative estimate of drug-likeness (QED) is 0.333. The van der Waals surface area contributed by atoms with E-state index in [1.165, 1.54) is 11.4 Å². The minimum Gasteiger partial charge on any atom is -0.495 e. The molecule has 0 saturated heterocycles. The molecule has 0 radical (unpaired) electrons. The molecular formula is C28H26N2O4S. The Morgan fingerprint density at radius 1 is 0.800 bits per heavy atom. The Morgan fingerprint density at radius 2 is 1.34 bits per heavy atom. The Hall–Kier alpha value is -3.81. The van der Waals surface area contributed by atoms with Crippen molar-refractivity contribution in [3.63, 3.8) is 0 Å². The molecule has 7 heteroatoms. The third-order valence-electron chi connectivity index (χ3n) is 6.13. The predicted molar refractivity (Wildman–Crippen MR) is 139 cm³/mol. The lowest BCUT2D eigenvalue weighted by Crippen LogP contribution is -2.39. The number of anilines is 1. The molecule has 0 saturated carbocycles. The van der Waals surface area contributed by atoms with Crippen molar-refractivity contribution in [3.8, 4) is 5.75 Å². The van der Waals surface area contributed by atoms with Gasteiger partial charge in [0.25, 0.3) is 10.0 Å². The molecule has 35 heavy (non-hydrogen) atoms. The summed E-state index contributed by atoms with van der Waals surface area (Å²) in [7, 11) is -2.46. The Morgan fingerprint density at radius 3 is 1.97 bits per heavy atom. The molecule has 6 nitrogen and oxygen atoms in total. The zero-order valence-corrected chi connectivity index (χ0v) is 20.1. The maximum atomic E-state index is 13.7. The maximum Gasteiger partial charge on any atom is 0.264 e. The molecule has 5 aromatic rings. The van der Waals surface area contributed by atoms with E-state index in [4.69, 9.17) is 4.74 Å². The summed E-state index contributed by atoms with van der Waals surface area (Å²) in [5.74, 6) is 0.413. The third kappa shape index (κ3) is 4.24. The number of aromatic nitrogens is 1. The van der Waals surface area contributed by atoms with Gasteiger partial charge in [-0.15, -0.1) is 0 Å². The summed E-state index contributed by atoms with van der Waals surface area (Å²) in [5.41, 5.74) is 2.35. The van der Waals surface area contributed by atoms with Crippen LogP contribution >= 0.6 is 0 Å². The number of benzene rings is 4. The van der Waals surface area contributed by atoms with Crippen LogP contribution in [0.5, 0.6) is 5.75 Å². The Kier molecular flexibility index (Phi) is 6.19. The molecule has 1 aromatic heterocycles. The van der Waals surface area contributed by atoms with Crippen LogP contribution in [-0.2, 0) is 16.6 Å². The van der Waals surface area contributed by atoms with Gasteiger partial charge < -0.3 is 14.4 Å². The molecule has 0 unspecified atom stereocenters. The Labute approximate surface area is 204 Å². The van der Waals surface area contributed by atoms with Gasteiger partial charge >= 0.3 is 0 Å². The van der Waals surface area contributed by atoms with Gasteiger partial charge in [-0.05, 0) is 36.4 Å². The summed E-state index contributed by atoms with van der Waals surface area (Å²) < 4.78 is 36.2. The minimum atomic E-state index is -3.96. The van der Waals surface area contributed by atoms with Crippen molar-refractivity contribution in [2.24, 2.45) is 0 Å². The van der Waals surface area contributed by atoms with E-state index in [1.807, 2.05) is 41.0 Å². The second-order valence-electron chi connectivity index (χ2n) is 8.32. The summed E-state index contributed by atoms with van der Waals surface area (Å²) >= 11 is 0. The fourth-order valence-electron chi connectivity index (χ4n) is 4.54. The van der Waals surface area contributed by atoms with Crippen LogP contribution in [-0.4, -0.2) is 37.8 Å². The largest absolute Gasteiger partial charge is 0.495 e. The lowest BCUT2D eigenvalue weighted by Gasteiger charge is -2.28. The zero-order valence-electron chi connectivity index (χ0n) is 19.3. The highest BCUT2D eigenvalue weighted by molar-refractivity contribution is 7.92. The molecule has 0 aliphatic rings. The number of aliphatic hydroxyl groups is 1. The summed E-state index contributed by atoms with van der Waals surface area (Å²) in [4.78, 5) is 0.148. The molecule has 0 aliphatic heterocycles. The predicted octanol–water partition coefficient (Wildman–Crippen LogP) is 5.06. The number of rotatable bonds is 8. The van der Waals surface area contributed by atoms with Crippen LogP contribution < -0.4 is 9.04 Å². The van der Waals surface area contributed by atoms with Crippen LogP contribution in [0.25, 0.3) is 21.8 Å². The summed E-state index contributed by atoms with van der Waals surface area (Å²) in [5, 5.41) is 13.5. The van der Waals surface area contributed by atoms with Crippen molar-refractivity contribution in [2.75, 3.05) is 18.0 Å². The molecule has 0 fully saturated rings. The first-order valence-corrected chi connectivity index (χ1v) is 12.8. The van der Waals surface area contributed by atoms with E-state index in [0.29, 0.717) is 11.4 Å². The molecular weight excluding hydrogens is 460 g/mol. The second-order valence-corrected chi connectivity index (χ2v) is 10.2. The standard InChI is InChI=1S/C28H26N2O4S/c1-34-28-18-10-9-17-27(28)30(35(32,33)22-11-3-2-4-12-22)20-21(31)19-29-25-15-7-5-13-23(25)24-14-6-8-16-26(24)29/h2-18,21,31H,19-20H2,1H3/t21-/m1/s1. The van der Waals surface area contributed by atoms with Crippen molar-refractivity contribution in [1.82, 2.24) is 4.57 Å². The van der Waals surface area contributed by atoms with E-state index in [2.05, 4.69) is 12.1 Å². The van der Waals surface area contributed by atoms with E-state index in [-0.39, 0.29) is 18.0 Å². The van der Waals surface area contributed by atoms with Crippen LogP contribution in [0.2, 0.25) is 0 Å². The number of fused-ring (bicyclic) bond motifs is 3. The average Bonchev–Trinajstić information content (AvgIpc) is 3.21. The average molecular weight is 487 g/mol. The molecule has 4 aromatic carbocycles. The van der Waals surface area contributed by atoms with E-state index < -0.39 is 16.1 Å². The highest BCUT2D eigenvalue weighted by atomic mass is 32.2. The number of hydrogen-bond acceptors (Lipinski definition) is 4. The lowest BCUT2D eigenvalue weighted by atomic mass is 10.2. The van der Waals surface area contributed by atoms with Crippen LogP contribution in [0.3, 0.4) is 0 Å². The van der Waals surface area contributed by atoms with Crippen molar-refractivity contribution in [2.45, 2.75) is 17.5 Å². The number of methoxy groups -OCH3 is 1. The fourth-order valence-corrected chi connectivity index (χ4v) is 6.08. The second kappa shape index (κ2) is 9.44. The van der Waals surface area contributed by atoms with Gasteiger partial charge in [0.05, 0.1) is 36.9 Å². The molecule has 1 N–H and O–H groups in total. The van der Waals surface area contributed by atoms with Gasteiger partial charge in [-0.25, -0.2) is 8.42 Å². The van der Waals surface area contributed by atoms with Gasteiger partial charge in [0.1, 0.15) is 5.75 Å². The maximum absolute atomic E-state index is 13.7. The van der Waals surface area contributed by atoms with Gasteiger partial charge in [0, 0.05) is 21.8 Å². The number of hydrogen-bond donors (Lipinski definition) is 1. The molecule has 1 atom stereocenters. The number of para-hydroxylation sites is 4. The number of aliphatic hydroxyl groups excluding tert-OH is 1. The molecule has 5 rings (SSSR count). The topological polar surface area (TPSA) is 71.8 Å². The number of sulfonamides is 1. The van der Waals surface area contributed by atoms with Crippen molar-refractivity contribution < 1.29 is 18.3 Å². The fraction of sp³-hybridized carbons (Fsp3) is 0.143. The molecule has 0 aliphatic carbocycles. The highest BCUT2D eigenvalue weighted by Gasteiger charge is 2.29. The highest BCUT2D eigenvalue weighted by Crippen LogP contribution is 2.33. The van der Waals surface area contributed by atoms with Gasteiger partial charge in [0.2, 0.25) is 0 Å². The van der Waals surface area contributed by atoms with Crippen molar-refractivity contribution >= 4 is 37.5 Å². The zero-order chi connectivity index (χ0) is 24.4. The number of ether oxygens (including phenoxy) is 1. The molecule has 0 amide bonds. The lowest BCUT2D eigenvalue weighted by molar-refractivity contribution is 0.166. The SMILES string of the molecule is COc1ccccc1N(C[C@H](O)Cn1c2ccccc2c2ccccc21)S(=O)(=O)c1ccccc1. The number of nitrogens with zero attached hydrogens (tertiary/aromatic N) is 2. The van der Waals surface area contributed by atoms with E-state index in [1.54, 1.807) is 54.6 Å². The van der Waals surface area contributed by atoms with Crippen molar-refractivity contribution in [1.29, 1.82) is 0 Å².